The lowest BCUT2D eigenvalue weighted by atomic mass is 9.92. The van der Waals surface area contributed by atoms with Crippen molar-refractivity contribution in [3.8, 4) is 0 Å². The van der Waals surface area contributed by atoms with E-state index in [9.17, 15) is 90.0 Å². The predicted molar refractivity (Wildman–Crippen MR) is 202 cm³/mol. The fourth-order valence-corrected chi connectivity index (χ4v) is 9.03. The molecule has 2 aromatic carbocycles. The van der Waals surface area contributed by atoms with Gasteiger partial charge >= 0.3 is 46.6 Å². The van der Waals surface area contributed by atoms with E-state index in [-0.39, 0.29) is 18.4 Å². The van der Waals surface area contributed by atoms with E-state index in [0.717, 1.165) is 18.8 Å². The van der Waals surface area contributed by atoms with Gasteiger partial charge in [0.1, 0.15) is 0 Å². The molecule has 0 bridgehead atoms. The fraction of sp³-hybridized carbons (Fsp3) is 0.571. The standard InChI is InChI=1S/C16H17F3N2O4S2.C8H15F3N2O4S2.C4H9F3N2O4S2/c1-26(22,23)20-14(12-8-4-2-5-9-12)15(13-10-6-3-7-11-13)21-27(24,25)16(17,18)19;1-18(14,15)12-6-4-2-3-5-7(6)13-19(16,17)8(9,10)11;1-14(10,11)8-2-3-9-15(12,13)4(5,6)7/h2-11,14-15,20-21H,1H3;6-7,12-13H,2-5H2,1H3;8-9H,2-3H2,1H3/t14-,15-;;/m1../s1. The predicted octanol–water partition coefficient (Wildman–Crippen LogP) is 1.72. The second-order valence-corrected chi connectivity index (χ2v) is 23.3. The van der Waals surface area contributed by atoms with Crippen LogP contribution in [-0.2, 0) is 60.1 Å². The first kappa shape index (κ1) is 56.3. The van der Waals surface area contributed by atoms with Crippen molar-refractivity contribution in [3.05, 3.63) is 71.8 Å². The maximum absolute atomic E-state index is 12.9. The topological polar surface area (TPSA) is 277 Å². The highest BCUT2D eigenvalue weighted by molar-refractivity contribution is 7.91. The maximum atomic E-state index is 12.9. The minimum atomic E-state index is -5.74. The average Bonchev–Trinajstić information content (AvgIpc) is 3.07. The molecule has 4 atom stereocenters. The van der Waals surface area contributed by atoms with Crippen LogP contribution in [0.1, 0.15) is 48.9 Å². The van der Waals surface area contributed by atoms with Crippen LogP contribution in [-0.4, -0.2) is 111 Å². The molecule has 0 aliphatic heterocycles. The molecule has 1 aliphatic rings. The monoisotopic (exact) mass is 1020 g/mol. The summed E-state index contributed by atoms with van der Waals surface area (Å²) in [6.07, 6.45) is 4.11. The van der Waals surface area contributed by atoms with Crippen molar-refractivity contribution < 1.29 is 90.0 Å². The molecule has 2 unspecified atom stereocenters. The van der Waals surface area contributed by atoms with Gasteiger partial charge in [0, 0.05) is 25.2 Å². The Balaban J connectivity index is 0.000000482. The van der Waals surface area contributed by atoms with Crippen molar-refractivity contribution in [1.29, 1.82) is 0 Å². The van der Waals surface area contributed by atoms with Gasteiger partial charge in [-0.3, -0.25) is 0 Å². The van der Waals surface area contributed by atoms with Crippen molar-refractivity contribution in [2.24, 2.45) is 0 Å². The van der Waals surface area contributed by atoms with Gasteiger partial charge in [0.25, 0.3) is 0 Å². The van der Waals surface area contributed by atoms with E-state index < -0.39 is 114 Å². The Morgan fingerprint density at radius 1 is 0.475 bits per heavy atom. The molecule has 0 aromatic heterocycles. The van der Waals surface area contributed by atoms with Gasteiger partial charge in [0.05, 0.1) is 30.9 Å². The Labute approximate surface area is 347 Å². The second-order valence-electron chi connectivity index (χ2n) is 12.7. The number of hydrogen-bond donors (Lipinski definition) is 6. The van der Waals surface area contributed by atoms with E-state index in [1.165, 1.54) is 45.8 Å². The molecular weight excluding hydrogens is 976 g/mol. The van der Waals surface area contributed by atoms with Gasteiger partial charge < -0.3 is 0 Å². The van der Waals surface area contributed by atoms with Crippen LogP contribution in [0, 0.1) is 0 Å². The van der Waals surface area contributed by atoms with E-state index in [2.05, 4.69) is 9.44 Å². The van der Waals surface area contributed by atoms with Crippen LogP contribution >= 0.6 is 0 Å². The Morgan fingerprint density at radius 3 is 1.18 bits per heavy atom. The Bertz CT molecular complexity index is 2390. The first-order chi connectivity index (χ1) is 27.3. The van der Waals surface area contributed by atoms with Gasteiger partial charge in [-0.1, -0.05) is 73.5 Å². The second kappa shape index (κ2) is 21.8. The van der Waals surface area contributed by atoms with Crippen molar-refractivity contribution >= 4 is 60.1 Å². The summed E-state index contributed by atoms with van der Waals surface area (Å²) in [5.41, 5.74) is -15.9. The molecule has 354 valence electrons. The highest BCUT2D eigenvalue weighted by Gasteiger charge is 2.49. The summed E-state index contributed by atoms with van der Waals surface area (Å²) in [5.74, 6) is 0. The molecule has 1 saturated carbocycles. The molecule has 1 fully saturated rings. The lowest BCUT2D eigenvalue weighted by Crippen LogP contribution is -2.54. The zero-order valence-electron chi connectivity index (χ0n) is 31.6. The number of sulfonamides is 6. The molecule has 18 nitrogen and oxygen atoms in total. The summed E-state index contributed by atoms with van der Waals surface area (Å²) in [6, 6.07) is 10.4. The van der Waals surface area contributed by atoms with E-state index in [1.54, 1.807) is 29.0 Å². The molecule has 0 saturated heterocycles. The minimum absolute atomic E-state index is 0.155. The molecule has 0 radical (unpaired) electrons. The van der Waals surface area contributed by atoms with Crippen molar-refractivity contribution in [2.45, 2.75) is 66.4 Å². The lowest BCUT2D eigenvalue weighted by Gasteiger charge is -2.32. The Hall–Kier alpha value is -2.73. The maximum Gasteiger partial charge on any atom is 0.511 e. The van der Waals surface area contributed by atoms with Gasteiger partial charge in [-0.15, -0.1) is 0 Å². The SMILES string of the molecule is CS(=O)(=O)NC1CCCCC1NS(=O)(=O)C(F)(F)F.CS(=O)(=O)NCCNS(=O)(=O)C(F)(F)F.CS(=O)(=O)N[C@H](c1ccccc1)[C@H](NS(=O)(=O)C(F)(F)F)c1ccccc1. The smallest absolute Gasteiger partial charge is 0.214 e. The van der Waals surface area contributed by atoms with Crippen LogP contribution in [0.25, 0.3) is 0 Å². The van der Waals surface area contributed by atoms with Crippen molar-refractivity contribution in [3.63, 3.8) is 0 Å². The van der Waals surface area contributed by atoms with Crippen LogP contribution in [0.4, 0.5) is 39.5 Å². The first-order valence-electron chi connectivity index (χ1n) is 16.5. The third kappa shape index (κ3) is 20.5. The average molecular weight is 1020 g/mol. The van der Waals surface area contributed by atoms with E-state index >= 15 is 0 Å². The van der Waals surface area contributed by atoms with Crippen LogP contribution in [0.15, 0.2) is 60.7 Å². The largest absolute Gasteiger partial charge is 0.511 e. The molecule has 0 heterocycles. The van der Waals surface area contributed by atoms with Crippen molar-refractivity contribution in [1.82, 2.24) is 28.3 Å². The van der Waals surface area contributed by atoms with Crippen LogP contribution < -0.4 is 28.3 Å². The van der Waals surface area contributed by atoms with Crippen LogP contribution in [0.5, 0.6) is 0 Å². The summed E-state index contributed by atoms with van der Waals surface area (Å²) < 4.78 is 254. The quantitative estimate of drug-likeness (QED) is 0.104. The number of benzene rings is 2. The van der Waals surface area contributed by atoms with Gasteiger partial charge in [-0.25, -0.2) is 74.1 Å². The summed E-state index contributed by atoms with van der Waals surface area (Å²) in [5, 5.41) is 0. The van der Waals surface area contributed by atoms with Gasteiger partial charge in [0.15, 0.2) is 0 Å². The number of hydrogen-bond acceptors (Lipinski definition) is 12. The van der Waals surface area contributed by atoms with Crippen LogP contribution in [0.3, 0.4) is 0 Å². The molecular formula is C28H41F9N6O12S6. The zero-order chi connectivity index (χ0) is 47.5. The molecule has 33 heteroatoms. The van der Waals surface area contributed by atoms with E-state index in [4.69, 9.17) is 0 Å². The molecule has 6 N–H and O–H groups in total. The summed E-state index contributed by atoms with van der Waals surface area (Å²) >= 11 is 0. The molecule has 1 aliphatic carbocycles. The number of halogens is 9. The number of alkyl halides is 9. The van der Waals surface area contributed by atoms with Gasteiger partial charge in [-0.2, -0.15) is 44.2 Å². The van der Waals surface area contributed by atoms with Gasteiger partial charge in [-0.05, 0) is 24.0 Å². The third-order valence-electron chi connectivity index (χ3n) is 7.41. The molecule has 61 heavy (non-hydrogen) atoms. The lowest BCUT2D eigenvalue weighted by molar-refractivity contribution is -0.0458. The zero-order valence-corrected chi connectivity index (χ0v) is 36.5. The van der Waals surface area contributed by atoms with Crippen molar-refractivity contribution in [2.75, 3.05) is 31.9 Å². The number of nitrogens with one attached hydrogen (secondary N) is 6. The highest BCUT2D eigenvalue weighted by atomic mass is 32.2. The molecule has 0 spiro atoms. The Morgan fingerprint density at radius 2 is 0.836 bits per heavy atom. The summed E-state index contributed by atoms with van der Waals surface area (Å²) in [6.45, 7) is -1.12. The molecule has 3 rings (SSSR count). The summed E-state index contributed by atoms with van der Waals surface area (Å²) in [4.78, 5) is 0. The number of rotatable bonds is 16. The van der Waals surface area contributed by atoms with E-state index in [0.29, 0.717) is 18.4 Å². The minimum Gasteiger partial charge on any atom is -0.214 e. The molecule has 2 aromatic rings. The van der Waals surface area contributed by atoms with Gasteiger partial charge in [0.2, 0.25) is 30.1 Å². The first-order valence-corrected chi connectivity index (χ1v) is 26.6. The third-order valence-corrected chi connectivity index (χ3v) is 13.1. The molecule has 0 amide bonds. The summed E-state index contributed by atoms with van der Waals surface area (Å²) in [7, 11) is -27.6. The highest BCUT2D eigenvalue weighted by Crippen LogP contribution is 2.33. The fourth-order valence-electron chi connectivity index (χ4n) is 4.90. The Kier molecular flexibility index (Phi) is 20.1. The van der Waals surface area contributed by atoms with E-state index in [1.807, 2.05) is 4.72 Å². The van der Waals surface area contributed by atoms with Crippen LogP contribution in [0.2, 0.25) is 0 Å². The normalized spacial score (nSPS) is 18.4.